The van der Waals surface area contributed by atoms with Crippen molar-refractivity contribution in [2.75, 3.05) is 19.7 Å². The van der Waals surface area contributed by atoms with Crippen LogP contribution in [-0.4, -0.2) is 36.9 Å². The zero-order chi connectivity index (χ0) is 17.2. The smallest absolute Gasteiger partial charge is 0.191 e. The molecule has 0 amide bonds. The van der Waals surface area contributed by atoms with Crippen LogP contribution in [0.2, 0.25) is 0 Å². The van der Waals surface area contributed by atoms with Crippen molar-refractivity contribution in [2.45, 2.75) is 26.5 Å². The molecular formula is C18H25N3O2S. The number of benzene rings is 1. The second kappa shape index (κ2) is 9.95. The van der Waals surface area contributed by atoms with Crippen LogP contribution in [0.4, 0.5) is 0 Å². The maximum atomic E-state index is 10.1. The third-order valence-corrected chi connectivity index (χ3v) is 4.12. The van der Waals surface area contributed by atoms with Gasteiger partial charge < -0.3 is 20.5 Å². The minimum absolute atomic E-state index is 0.237. The monoisotopic (exact) mass is 347 g/mol. The molecule has 2 rings (SSSR count). The highest BCUT2D eigenvalue weighted by atomic mass is 32.1. The third kappa shape index (κ3) is 6.60. The molecule has 0 aliphatic carbocycles. The summed E-state index contributed by atoms with van der Waals surface area (Å²) < 4.78 is 5.61. The number of ether oxygens (including phenoxy) is 1. The number of nitrogens with one attached hydrogen (secondary N) is 2. The van der Waals surface area contributed by atoms with Crippen LogP contribution in [-0.2, 0) is 6.54 Å². The number of hydrogen-bond acceptors (Lipinski definition) is 4. The van der Waals surface area contributed by atoms with Gasteiger partial charge in [-0.2, -0.15) is 0 Å². The summed E-state index contributed by atoms with van der Waals surface area (Å²) in [5.41, 5.74) is 1.13. The van der Waals surface area contributed by atoms with E-state index in [1.54, 1.807) is 11.3 Å². The molecule has 24 heavy (non-hydrogen) atoms. The summed E-state index contributed by atoms with van der Waals surface area (Å²) >= 11 is 1.68. The Balaban J connectivity index is 1.76. The molecule has 0 fully saturated rings. The predicted molar refractivity (Wildman–Crippen MR) is 99.8 cm³/mol. The lowest BCUT2D eigenvalue weighted by Crippen LogP contribution is -2.42. The number of hydrogen-bond donors (Lipinski definition) is 3. The van der Waals surface area contributed by atoms with Crippen molar-refractivity contribution in [2.24, 2.45) is 4.99 Å². The van der Waals surface area contributed by atoms with Crippen LogP contribution >= 0.6 is 11.3 Å². The fraction of sp³-hybridized carbons (Fsp3) is 0.389. The largest absolute Gasteiger partial charge is 0.491 e. The van der Waals surface area contributed by atoms with Crippen molar-refractivity contribution in [1.82, 2.24) is 10.6 Å². The molecule has 1 atom stereocenters. The summed E-state index contributed by atoms with van der Waals surface area (Å²) in [5, 5.41) is 18.4. The second-order valence-corrected chi connectivity index (χ2v) is 6.47. The number of guanidine groups is 1. The first-order valence-corrected chi connectivity index (χ1v) is 8.97. The molecule has 0 radical (unpaired) electrons. The van der Waals surface area contributed by atoms with Gasteiger partial charge in [0, 0.05) is 18.0 Å². The lowest BCUT2D eigenvalue weighted by atomic mass is 10.2. The molecule has 0 saturated heterocycles. The summed E-state index contributed by atoms with van der Waals surface area (Å²) in [6.45, 7) is 6.04. The molecule has 1 heterocycles. The molecule has 6 heteroatoms. The number of aliphatic imine (C=N–C) groups is 1. The highest BCUT2D eigenvalue weighted by molar-refractivity contribution is 7.09. The van der Waals surface area contributed by atoms with Crippen LogP contribution in [0.1, 0.15) is 17.4 Å². The van der Waals surface area contributed by atoms with Gasteiger partial charge in [0.15, 0.2) is 5.96 Å². The van der Waals surface area contributed by atoms with E-state index in [-0.39, 0.29) is 6.61 Å². The van der Waals surface area contributed by atoms with Crippen molar-refractivity contribution in [1.29, 1.82) is 0 Å². The Morgan fingerprint density at radius 3 is 2.88 bits per heavy atom. The van der Waals surface area contributed by atoms with Crippen molar-refractivity contribution in [3.05, 3.63) is 52.2 Å². The first-order valence-electron chi connectivity index (χ1n) is 8.09. The molecule has 5 nitrogen and oxygen atoms in total. The maximum absolute atomic E-state index is 10.1. The molecule has 0 bridgehead atoms. The van der Waals surface area contributed by atoms with E-state index in [1.807, 2.05) is 49.6 Å². The maximum Gasteiger partial charge on any atom is 0.191 e. The number of aliphatic hydroxyl groups excluding tert-OH is 1. The summed E-state index contributed by atoms with van der Waals surface area (Å²) in [4.78, 5) is 5.71. The van der Waals surface area contributed by atoms with E-state index in [0.717, 1.165) is 17.9 Å². The van der Waals surface area contributed by atoms with E-state index in [4.69, 9.17) is 4.74 Å². The number of aliphatic hydroxyl groups is 1. The lowest BCUT2D eigenvalue weighted by Gasteiger charge is -2.16. The summed E-state index contributed by atoms with van der Waals surface area (Å²) in [5.74, 6) is 1.47. The van der Waals surface area contributed by atoms with Gasteiger partial charge in [-0.1, -0.05) is 18.2 Å². The van der Waals surface area contributed by atoms with Crippen molar-refractivity contribution in [3.8, 4) is 5.75 Å². The van der Waals surface area contributed by atoms with Crippen molar-refractivity contribution >= 4 is 17.3 Å². The normalized spacial score (nSPS) is 12.7. The first kappa shape index (κ1) is 18.3. The molecule has 0 spiro atoms. The zero-order valence-corrected chi connectivity index (χ0v) is 15.0. The third-order valence-electron chi connectivity index (χ3n) is 3.25. The Labute approximate surface area is 147 Å². The first-order chi connectivity index (χ1) is 11.7. The number of nitrogens with zero attached hydrogens (tertiary/aromatic N) is 1. The fourth-order valence-electron chi connectivity index (χ4n) is 2.07. The number of thiophene rings is 1. The van der Waals surface area contributed by atoms with Crippen molar-refractivity contribution in [3.63, 3.8) is 0 Å². The Kier molecular flexibility index (Phi) is 7.58. The minimum Gasteiger partial charge on any atom is -0.491 e. The lowest BCUT2D eigenvalue weighted by molar-refractivity contribution is 0.110. The molecule has 0 saturated carbocycles. The Bertz CT molecular complexity index is 629. The molecule has 1 aromatic heterocycles. The van der Waals surface area contributed by atoms with Gasteiger partial charge in [-0.15, -0.1) is 11.3 Å². The summed E-state index contributed by atoms with van der Waals surface area (Å²) in [7, 11) is 0. The van der Waals surface area contributed by atoms with Crippen LogP contribution in [0, 0.1) is 6.92 Å². The highest BCUT2D eigenvalue weighted by Gasteiger charge is 2.07. The van der Waals surface area contributed by atoms with Gasteiger partial charge in [0.2, 0.25) is 0 Å². The van der Waals surface area contributed by atoms with Crippen LogP contribution in [0.3, 0.4) is 0 Å². The molecular weight excluding hydrogens is 322 g/mol. The molecule has 0 aliphatic heterocycles. The van der Waals surface area contributed by atoms with E-state index in [1.165, 1.54) is 4.88 Å². The molecule has 2 aromatic rings. The highest BCUT2D eigenvalue weighted by Crippen LogP contribution is 2.12. The van der Waals surface area contributed by atoms with Crippen LogP contribution in [0.25, 0.3) is 0 Å². The molecule has 0 aliphatic rings. The fourth-order valence-corrected chi connectivity index (χ4v) is 2.70. The standard InChI is InChI=1S/C18H25N3O2S/c1-3-19-18(21-12-17-8-5-9-24-17)20-11-15(22)13-23-16-7-4-6-14(2)10-16/h4-10,15,22H,3,11-13H2,1-2H3,(H2,19,20,21). The Morgan fingerprint density at radius 1 is 1.29 bits per heavy atom. The average molecular weight is 347 g/mol. The second-order valence-electron chi connectivity index (χ2n) is 5.44. The number of aryl methyl sites for hydroxylation is 1. The van der Waals surface area contributed by atoms with E-state index < -0.39 is 6.10 Å². The van der Waals surface area contributed by atoms with E-state index in [2.05, 4.69) is 21.7 Å². The molecule has 130 valence electrons. The number of rotatable bonds is 8. The van der Waals surface area contributed by atoms with Gasteiger partial charge >= 0.3 is 0 Å². The van der Waals surface area contributed by atoms with E-state index in [0.29, 0.717) is 19.0 Å². The molecule has 3 N–H and O–H groups in total. The van der Waals surface area contributed by atoms with Crippen LogP contribution in [0.5, 0.6) is 5.75 Å². The van der Waals surface area contributed by atoms with Gasteiger partial charge in [-0.05, 0) is 43.0 Å². The van der Waals surface area contributed by atoms with Gasteiger partial charge in [0.1, 0.15) is 18.5 Å². The summed E-state index contributed by atoms with van der Waals surface area (Å²) in [6, 6.07) is 11.9. The van der Waals surface area contributed by atoms with Crippen LogP contribution in [0.15, 0.2) is 46.8 Å². The zero-order valence-electron chi connectivity index (χ0n) is 14.2. The minimum atomic E-state index is -0.615. The van der Waals surface area contributed by atoms with Gasteiger partial charge in [-0.25, -0.2) is 4.99 Å². The van der Waals surface area contributed by atoms with E-state index in [9.17, 15) is 5.11 Å². The molecule has 1 unspecified atom stereocenters. The quantitative estimate of drug-likeness (QED) is 0.507. The molecule has 1 aromatic carbocycles. The van der Waals surface area contributed by atoms with Gasteiger partial charge in [0.05, 0.1) is 6.54 Å². The Hall–Kier alpha value is -2.05. The van der Waals surface area contributed by atoms with Gasteiger partial charge in [0.25, 0.3) is 0 Å². The van der Waals surface area contributed by atoms with Gasteiger partial charge in [-0.3, -0.25) is 0 Å². The SMILES string of the molecule is CCNC(=NCc1cccs1)NCC(O)COc1cccc(C)c1. The average Bonchev–Trinajstić information content (AvgIpc) is 3.09. The summed E-state index contributed by atoms with van der Waals surface area (Å²) in [6.07, 6.45) is -0.615. The Morgan fingerprint density at radius 2 is 2.17 bits per heavy atom. The topological polar surface area (TPSA) is 65.9 Å². The van der Waals surface area contributed by atoms with Crippen molar-refractivity contribution < 1.29 is 9.84 Å². The van der Waals surface area contributed by atoms with E-state index >= 15 is 0 Å². The predicted octanol–water partition coefficient (Wildman–Crippen LogP) is 2.55. The van der Waals surface area contributed by atoms with Crippen LogP contribution < -0.4 is 15.4 Å².